The van der Waals surface area contributed by atoms with Gasteiger partial charge in [-0.1, -0.05) is 37.3 Å². The molecule has 1 unspecified atom stereocenters. The third-order valence-electron chi connectivity index (χ3n) is 7.43. The Labute approximate surface area is 218 Å². The van der Waals surface area contributed by atoms with Gasteiger partial charge in [-0.05, 0) is 54.8 Å². The number of fused-ring (bicyclic) bond motifs is 5. The van der Waals surface area contributed by atoms with Crippen molar-refractivity contribution < 1.29 is 23.1 Å². The van der Waals surface area contributed by atoms with E-state index in [2.05, 4.69) is 0 Å². The van der Waals surface area contributed by atoms with Crippen LogP contribution in [0.5, 0.6) is 5.75 Å². The molecule has 0 aliphatic carbocycles. The molecule has 192 valence electrons. The predicted molar refractivity (Wildman–Crippen MR) is 140 cm³/mol. The Balaban J connectivity index is 1.59. The smallest absolute Gasteiger partial charge is 0.291 e. The van der Waals surface area contributed by atoms with Crippen molar-refractivity contribution in [2.24, 2.45) is 0 Å². The van der Waals surface area contributed by atoms with E-state index in [1.54, 1.807) is 24.1 Å². The van der Waals surface area contributed by atoms with Gasteiger partial charge in [0.15, 0.2) is 11.0 Å². The number of hydrogen-bond acceptors (Lipinski definition) is 5. The number of hydrogen-bond donors (Lipinski definition) is 0. The maximum atomic E-state index is 14.4. The summed E-state index contributed by atoms with van der Waals surface area (Å²) < 4.78 is 25.4. The fraction of sp³-hybridized carbons (Fsp3) is 0.233. The van der Waals surface area contributed by atoms with Crippen molar-refractivity contribution in [2.45, 2.75) is 25.3 Å². The molecule has 2 amide bonds. The number of ether oxygens (including phenoxy) is 1. The SMILES string of the molecule is CCCN1C(=O)C2(c3ccccc31)c1c(oc3ccc(F)cc3c1=O)C(=O)N2CCc1ccc(OC)cc1. The quantitative estimate of drug-likeness (QED) is 0.376. The van der Waals surface area contributed by atoms with Gasteiger partial charge in [0, 0.05) is 18.7 Å². The summed E-state index contributed by atoms with van der Waals surface area (Å²) in [5.41, 5.74) is -0.114. The van der Waals surface area contributed by atoms with Crippen LogP contribution in [0.25, 0.3) is 11.0 Å². The normalized spacial score (nSPS) is 18.0. The van der Waals surface area contributed by atoms with Crippen LogP contribution in [0.4, 0.5) is 10.1 Å². The number of methoxy groups -OCH3 is 1. The topological polar surface area (TPSA) is 80.1 Å². The van der Waals surface area contributed by atoms with Crippen LogP contribution >= 0.6 is 0 Å². The molecular weight excluding hydrogens is 487 g/mol. The molecule has 0 saturated carbocycles. The van der Waals surface area contributed by atoms with Crippen LogP contribution in [0.3, 0.4) is 0 Å². The van der Waals surface area contributed by atoms with E-state index in [0.717, 1.165) is 11.6 Å². The van der Waals surface area contributed by atoms with Crippen molar-refractivity contribution in [3.05, 3.63) is 105 Å². The van der Waals surface area contributed by atoms with Gasteiger partial charge in [0.25, 0.3) is 11.8 Å². The number of carbonyl (C=O) groups excluding carboxylic acids is 2. The Bertz CT molecular complexity index is 1660. The number of carbonyl (C=O) groups is 2. The second-order valence-corrected chi connectivity index (χ2v) is 9.52. The van der Waals surface area contributed by atoms with Crippen LogP contribution in [0, 0.1) is 5.82 Å². The Hall–Kier alpha value is -4.46. The molecule has 0 bridgehead atoms. The molecule has 0 saturated heterocycles. The maximum absolute atomic E-state index is 14.4. The largest absolute Gasteiger partial charge is 0.497 e. The molecule has 1 spiro atoms. The van der Waals surface area contributed by atoms with E-state index in [4.69, 9.17) is 9.15 Å². The molecule has 1 atom stereocenters. The molecule has 3 heterocycles. The lowest BCUT2D eigenvalue weighted by Gasteiger charge is -2.34. The Morgan fingerprint density at radius 1 is 0.974 bits per heavy atom. The molecule has 6 rings (SSSR count). The summed E-state index contributed by atoms with van der Waals surface area (Å²) in [4.78, 5) is 45.5. The number of nitrogens with zero attached hydrogens (tertiary/aromatic N) is 2. The van der Waals surface area contributed by atoms with Gasteiger partial charge in [0.2, 0.25) is 5.76 Å². The third kappa shape index (κ3) is 3.22. The summed E-state index contributed by atoms with van der Waals surface area (Å²) in [6.45, 7) is 2.53. The summed E-state index contributed by atoms with van der Waals surface area (Å²) in [5.74, 6) is -1.00. The first kappa shape index (κ1) is 23.9. The summed E-state index contributed by atoms with van der Waals surface area (Å²) in [7, 11) is 1.59. The summed E-state index contributed by atoms with van der Waals surface area (Å²) in [6, 6.07) is 18.3. The van der Waals surface area contributed by atoms with Gasteiger partial charge in [-0.25, -0.2) is 4.39 Å². The van der Waals surface area contributed by atoms with Crippen molar-refractivity contribution in [1.29, 1.82) is 0 Å². The molecular formula is C30H25FN2O5. The first-order valence-corrected chi connectivity index (χ1v) is 12.5. The lowest BCUT2D eigenvalue weighted by molar-refractivity contribution is -0.126. The van der Waals surface area contributed by atoms with E-state index in [1.165, 1.54) is 17.0 Å². The van der Waals surface area contributed by atoms with Crippen molar-refractivity contribution in [1.82, 2.24) is 4.90 Å². The third-order valence-corrected chi connectivity index (χ3v) is 7.43. The Kier molecular flexibility index (Phi) is 5.56. The van der Waals surface area contributed by atoms with Crippen molar-refractivity contribution in [2.75, 3.05) is 25.1 Å². The van der Waals surface area contributed by atoms with Crippen molar-refractivity contribution in [3.8, 4) is 5.75 Å². The Morgan fingerprint density at radius 2 is 1.74 bits per heavy atom. The first-order chi connectivity index (χ1) is 18.4. The second-order valence-electron chi connectivity index (χ2n) is 9.52. The number of anilines is 1. The zero-order valence-corrected chi connectivity index (χ0v) is 21.0. The predicted octanol–water partition coefficient (Wildman–Crippen LogP) is 4.64. The first-order valence-electron chi connectivity index (χ1n) is 12.5. The molecule has 8 heteroatoms. The highest BCUT2D eigenvalue weighted by Crippen LogP contribution is 2.52. The van der Waals surface area contributed by atoms with Crippen LogP contribution in [-0.4, -0.2) is 36.9 Å². The van der Waals surface area contributed by atoms with E-state index < -0.39 is 22.7 Å². The molecule has 0 radical (unpaired) electrons. The van der Waals surface area contributed by atoms with Crippen LogP contribution in [-0.2, 0) is 16.8 Å². The Morgan fingerprint density at radius 3 is 2.47 bits per heavy atom. The van der Waals surface area contributed by atoms with E-state index >= 15 is 0 Å². The fourth-order valence-electron chi connectivity index (χ4n) is 5.74. The van der Waals surface area contributed by atoms with Crippen LogP contribution in [0.2, 0.25) is 0 Å². The molecule has 2 aliphatic rings. The van der Waals surface area contributed by atoms with Crippen LogP contribution in [0.15, 0.2) is 75.9 Å². The molecule has 4 aromatic rings. The summed E-state index contributed by atoms with van der Waals surface area (Å²) in [6.07, 6.45) is 1.11. The molecule has 1 aromatic heterocycles. The number of rotatable bonds is 6. The van der Waals surface area contributed by atoms with E-state index in [-0.39, 0.29) is 34.7 Å². The van der Waals surface area contributed by atoms with Gasteiger partial charge in [0.1, 0.15) is 17.1 Å². The van der Waals surface area contributed by atoms with E-state index in [1.807, 2.05) is 43.3 Å². The van der Waals surface area contributed by atoms with Crippen LogP contribution in [0.1, 0.15) is 40.6 Å². The van der Waals surface area contributed by atoms with E-state index in [0.29, 0.717) is 36.4 Å². The van der Waals surface area contributed by atoms with E-state index in [9.17, 15) is 18.8 Å². The fourth-order valence-corrected chi connectivity index (χ4v) is 5.74. The number of para-hydroxylation sites is 1. The molecule has 0 fully saturated rings. The lowest BCUT2D eigenvalue weighted by Crippen LogP contribution is -2.54. The van der Waals surface area contributed by atoms with Gasteiger partial charge in [-0.2, -0.15) is 0 Å². The lowest BCUT2D eigenvalue weighted by atomic mass is 9.83. The zero-order chi connectivity index (χ0) is 26.6. The highest BCUT2D eigenvalue weighted by Gasteiger charge is 2.64. The molecule has 2 aliphatic heterocycles. The van der Waals surface area contributed by atoms with Gasteiger partial charge >= 0.3 is 0 Å². The highest BCUT2D eigenvalue weighted by atomic mass is 19.1. The van der Waals surface area contributed by atoms with Crippen molar-refractivity contribution in [3.63, 3.8) is 0 Å². The van der Waals surface area contributed by atoms with Gasteiger partial charge in [0.05, 0.1) is 23.7 Å². The maximum Gasteiger partial charge on any atom is 0.291 e. The molecule has 0 N–H and O–H groups in total. The standard InChI is InChI=1S/C30H25FN2O5/c1-3-15-32-23-7-5-4-6-22(23)30(29(32)36)25-26(34)21-17-19(31)10-13-24(21)38-27(25)28(35)33(30)16-14-18-8-11-20(37-2)12-9-18/h4-13,17H,3,14-16H2,1-2H3. The molecule has 38 heavy (non-hydrogen) atoms. The molecule has 7 nitrogen and oxygen atoms in total. The average molecular weight is 513 g/mol. The molecule has 3 aromatic carbocycles. The van der Waals surface area contributed by atoms with Gasteiger partial charge in [-0.3, -0.25) is 14.4 Å². The van der Waals surface area contributed by atoms with Crippen molar-refractivity contribution >= 4 is 28.5 Å². The zero-order valence-electron chi connectivity index (χ0n) is 21.0. The second kappa shape index (κ2) is 8.83. The number of benzene rings is 3. The highest BCUT2D eigenvalue weighted by molar-refractivity contribution is 6.17. The minimum absolute atomic E-state index is 0.00727. The average Bonchev–Trinajstić information content (AvgIpc) is 3.33. The minimum atomic E-state index is -1.70. The number of halogens is 1. The van der Waals surface area contributed by atoms with Crippen LogP contribution < -0.4 is 15.1 Å². The summed E-state index contributed by atoms with van der Waals surface area (Å²) >= 11 is 0. The summed E-state index contributed by atoms with van der Waals surface area (Å²) in [5, 5.41) is -0.00727. The minimum Gasteiger partial charge on any atom is -0.497 e. The number of amides is 2. The van der Waals surface area contributed by atoms with Gasteiger partial charge < -0.3 is 19.0 Å². The van der Waals surface area contributed by atoms with Gasteiger partial charge in [-0.15, -0.1) is 0 Å². The monoisotopic (exact) mass is 512 g/mol.